The number of nitrogens with one attached hydrogen (secondary N) is 1. The lowest BCUT2D eigenvalue weighted by atomic mass is 10.2. The zero-order chi connectivity index (χ0) is 10.6. The molecule has 1 aromatic carbocycles. The van der Waals surface area contributed by atoms with Crippen molar-refractivity contribution < 1.29 is 4.39 Å². The third kappa shape index (κ3) is 2.63. The summed E-state index contributed by atoms with van der Waals surface area (Å²) in [5, 5.41) is 3.04. The van der Waals surface area contributed by atoms with Crippen LogP contribution in [0.4, 0.5) is 10.1 Å². The molecule has 0 fully saturated rings. The summed E-state index contributed by atoms with van der Waals surface area (Å²) in [4.78, 5) is 0. The Kier molecular flexibility index (Phi) is 3.75. The Hall–Kier alpha value is -1.24. The van der Waals surface area contributed by atoms with Crippen molar-refractivity contribution in [3.05, 3.63) is 28.5 Å². The minimum absolute atomic E-state index is 0.193. The van der Waals surface area contributed by atoms with E-state index in [9.17, 15) is 4.39 Å². The van der Waals surface area contributed by atoms with Gasteiger partial charge < -0.3 is 11.1 Å². The highest BCUT2D eigenvalue weighted by Crippen LogP contribution is 2.23. The van der Waals surface area contributed by atoms with Gasteiger partial charge in [0.05, 0.1) is 22.8 Å². The van der Waals surface area contributed by atoms with E-state index >= 15 is 0 Å². The lowest BCUT2D eigenvalue weighted by molar-refractivity contribution is 0.628. The van der Waals surface area contributed by atoms with Crippen LogP contribution in [0.2, 0.25) is 5.02 Å². The Balaban J connectivity index is 3.04. The van der Waals surface area contributed by atoms with Crippen LogP contribution in [0.1, 0.15) is 5.56 Å². The van der Waals surface area contributed by atoms with Crippen molar-refractivity contribution in [3.8, 4) is 11.8 Å². The Morgan fingerprint density at radius 2 is 2.29 bits per heavy atom. The Morgan fingerprint density at radius 1 is 1.57 bits per heavy atom. The first-order valence-electron chi connectivity index (χ1n) is 4.03. The summed E-state index contributed by atoms with van der Waals surface area (Å²) in [7, 11) is 1.77. The standard InChI is InChI=1S/C10H10ClFN2/c1-14-4-2-3-7-5-8(12)6-9(11)10(7)13/h5-6,14H,4,13H2,1H3. The second-order valence-electron chi connectivity index (χ2n) is 2.68. The van der Waals surface area contributed by atoms with Gasteiger partial charge in [-0.05, 0) is 19.2 Å². The predicted molar refractivity (Wildman–Crippen MR) is 56.6 cm³/mol. The van der Waals surface area contributed by atoms with Gasteiger partial charge in [-0.25, -0.2) is 4.39 Å². The first kappa shape index (κ1) is 10.8. The van der Waals surface area contributed by atoms with E-state index in [1.807, 2.05) is 0 Å². The number of nitrogen functional groups attached to an aromatic ring is 1. The van der Waals surface area contributed by atoms with E-state index in [1.54, 1.807) is 7.05 Å². The Morgan fingerprint density at radius 3 is 2.93 bits per heavy atom. The lowest BCUT2D eigenvalue weighted by Crippen LogP contribution is -2.04. The molecule has 0 spiro atoms. The fourth-order valence-electron chi connectivity index (χ4n) is 0.916. The normalized spacial score (nSPS) is 9.36. The fourth-order valence-corrected chi connectivity index (χ4v) is 1.12. The molecule has 0 heterocycles. The van der Waals surface area contributed by atoms with Gasteiger partial charge in [0.15, 0.2) is 0 Å². The maximum absolute atomic E-state index is 12.9. The molecule has 0 aliphatic heterocycles. The van der Waals surface area contributed by atoms with Crippen molar-refractivity contribution in [3.63, 3.8) is 0 Å². The molecule has 0 aliphatic carbocycles. The van der Waals surface area contributed by atoms with Crippen molar-refractivity contribution in [2.45, 2.75) is 0 Å². The van der Waals surface area contributed by atoms with Gasteiger partial charge in [-0.1, -0.05) is 23.4 Å². The minimum Gasteiger partial charge on any atom is -0.397 e. The Bertz CT molecular complexity index is 393. The van der Waals surface area contributed by atoms with E-state index in [1.165, 1.54) is 12.1 Å². The SMILES string of the molecule is CNCC#Cc1cc(F)cc(Cl)c1N. The van der Waals surface area contributed by atoms with Crippen LogP contribution in [0.15, 0.2) is 12.1 Å². The largest absolute Gasteiger partial charge is 0.397 e. The average molecular weight is 213 g/mol. The molecule has 0 atom stereocenters. The monoisotopic (exact) mass is 212 g/mol. The molecule has 0 aliphatic rings. The third-order valence-corrected chi connectivity index (χ3v) is 1.90. The summed E-state index contributed by atoms with van der Waals surface area (Å²) in [6.07, 6.45) is 0. The van der Waals surface area contributed by atoms with Gasteiger partial charge in [-0.15, -0.1) is 0 Å². The summed E-state index contributed by atoms with van der Waals surface area (Å²) in [6.45, 7) is 0.521. The van der Waals surface area contributed by atoms with Gasteiger partial charge in [0.2, 0.25) is 0 Å². The van der Waals surface area contributed by atoms with E-state index < -0.39 is 5.82 Å². The lowest BCUT2D eigenvalue weighted by Gasteiger charge is -2.00. The molecule has 14 heavy (non-hydrogen) atoms. The maximum atomic E-state index is 12.9. The second kappa shape index (κ2) is 4.85. The van der Waals surface area contributed by atoms with Crippen molar-refractivity contribution in [1.82, 2.24) is 5.32 Å². The summed E-state index contributed by atoms with van der Waals surface area (Å²) in [5.41, 5.74) is 6.35. The van der Waals surface area contributed by atoms with Crippen LogP contribution < -0.4 is 11.1 Å². The quantitative estimate of drug-likeness (QED) is 0.549. The van der Waals surface area contributed by atoms with Crippen molar-refractivity contribution in [2.24, 2.45) is 0 Å². The zero-order valence-electron chi connectivity index (χ0n) is 7.70. The van der Waals surface area contributed by atoms with Crippen molar-refractivity contribution >= 4 is 17.3 Å². The van der Waals surface area contributed by atoms with E-state index in [4.69, 9.17) is 17.3 Å². The molecule has 4 heteroatoms. The molecular formula is C10H10ClFN2. The first-order valence-corrected chi connectivity index (χ1v) is 4.41. The minimum atomic E-state index is -0.432. The molecule has 0 saturated heterocycles. The van der Waals surface area contributed by atoms with Crippen LogP contribution >= 0.6 is 11.6 Å². The predicted octanol–water partition coefficient (Wildman–Crippen LogP) is 1.63. The molecule has 1 rings (SSSR count). The van der Waals surface area contributed by atoms with Gasteiger partial charge in [0, 0.05) is 0 Å². The van der Waals surface area contributed by atoms with Crippen molar-refractivity contribution in [1.29, 1.82) is 0 Å². The number of hydrogen-bond acceptors (Lipinski definition) is 2. The number of hydrogen-bond donors (Lipinski definition) is 2. The summed E-state index contributed by atoms with van der Waals surface area (Å²) < 4.78 is 12.9. The number of benzene rings is 1. The Labute approximate surface area is 87.2 Å². The van der Waals surface area contributed by atoms with Gasteiger partial charge in [-0.2, -0.15) is 0 Å². The molecule has 3 N–H and O–H groups in total. The molecule has 0 radical (unpaired) electrons. The van der Waals surface area contributed by atoms with Crippen molar-refractivity contribution in [2.75, 3.05) is 19.3 Å². The van der Waals surface area contributed by atoms with Gasteiger partial charge in [0.25, 0.3) is 0 Å². The molecule has 2 nitrogen and oxygen atoms in total. The van der Waals surface area contributed by atoms with E-state index in [0.29, 0.717) is 17.8 Å². The number of anilines is 1. The fraction of sp³-hybridized carbons (Fsp3) is 0.200. The van der Waals surface area contributed by atoms with Crippen LogP contribution in [0.5, 0.6) is 0 Å². The van der Waals surface area contributed by atoms with E-state index in [2.05, 4.69) is 17.2 Å². The molecule has 0 amide bonds. The highest BCUT2D eigenvalue weighted by Gasteiger charge is 2.03. The number of nitrogens with two attached hydrogens (primary N) is 1. The van der Waals surface area contributed by atoms with Crippen LogP contribution in [-0.4, -0.2) is 13.6 Å². The highest BCUT2D eigenvalue weighted by molar-refractivity contribution is 6.33. The molecular weight excluding hydrogens is 203 g/mol. The molecule has 0 saturated carbocycles. The van der Waals surface area contributed by atoms with Crippen LogP contribution in [0.25, 0.3) is 0 Å². The van der Waals surface area contributed by atoms with Gasteiger partial charge in [0.1, 0.15) is 5.82 Å². The second-order valence-corrected chi connectivity index (χ2v) is 3.09. The van der Waals surface area contributed by atoms with E-state index in [0.717, 1.165) is 0 Å². The summed E-state index contributed by atoms with van der Waals surface area (Å²) in [5.74, 6) is 5.08. The third-order valence-electron chi connectivity index (χ3n) is 1.58. The molecule has 0 aromatic heterocycles. The van der Waals surface area contributed by atoms with Gasteiger partial charge in [-0.3, -0.25) is 0 Å². The van der Waals surface area contributed by atoms with Crippen LogP contribution in [0, 0.1) is 17.7 Å². The zero-order valence-corrected chi connectivity index (χ0v) is 8.45. The highest BCUT2D eigenvalue weighted by atomic mass is 35.5. The number of rotatable bonds is 1. The molecule has 0 bridgehead atoms. The summed E-state index contributed by atoms with van der Waals surface area (Å²) in [6, 6.07) is 2.43. The topological polar surface area (TPSA) is 38.0 Å². The van der Waals surface area contributed by atoms with E-state index in [-0.39, 0.29) is 5.02 Å². The summed E-state index contributed by atoms with van der Waals surface area (Å²) >= 11 is 5.68. The number of halogens is 2. The molecule has 0 unspecified atom stereocenters. The maximum Gasteiger partial charge on any atom is 0.126 e. The van der Waals surface area contributed by atoms with Crippen LogP contribution in [-0.2, 0) is 0 Å². The van der Waals surface area contributed by atoms with Crippen LogP contribution in [0.3, 0.4) is 0 Å². The smallest absolute Gasteiger partial charge is 0.126 e. The first-order chi connectivity index (χ1) is 6.65. The molecule has 74 valence electrons. The van der Waals surface area contributed by atoms with Gasteiger partial charge >= 0.3 is 0 Å². The average Bonchev–Trinajstić information content (AvgIpc) is 2.13. The molecule has 1 aromatic rings.